The van der Waals surface area contributed by atoms with Crippen LogP contribution in [0.3, 0.4) is 0 Å². The lowest BCUT2D eigenvalue weighted by Crippen LogP contribution is -2.37. The fraction of sp³-hybridized carbons (Fsp3) is 0.350. The molecule has 3 aliphatic heterocycles. The van der Waals surface area contributed by atoms with Crippen LogP contribution >= 0.6 is 34.0 Å². The maximum Gasteiger partial charge on any atom is 0.492 e. The Morgan fingerprint density at radius 3 is 2.10 bits per heavy atom. The molecule has 164 valence electrons. The van der Waals surface area contributed by atoms with Crippen LogP contribution in [0, 0.1) is 4.51 Å². The second-order valence-corrected chi connectivity index (χ2v) is 9.88. The van der Waals surface area contributed by atoms with Crippen LogP contribution in [0.4, 0.5) is 30.2 Å². The van der Waals surface area contributed by atoms with Crippen LogP contribution in [0.25, 0.3) is 0 Å². The van der Waals surface area contributed by atoms with E-state index in [4.69, 9.17) is 27.4 Å². The summed E-state index contributed by atoms with van der Waals surface area (Å²) in [5, 5.41) is 0.817. The summed E-state index contributed by atoms with van der Waals surface area (Å²) < 4.78 is 44.7. The Morgan fingerprint density at radius 2 is 1.55 bits per heavy atom. The highest BCUT2D eigenvalue weighted by molar-refractivity contribution is 8.05. The second-order valence-electron chi connectivity index (χ2n) is 7.48. The van der Waals surface area contributed by atoms with E-state index in [-0.39, 0.29) is 21.1 Å². The molecule has 0 radical (unpaired) electrons. The number of halogens is 5. The number of hydrogen-bond donors (Lipinski definition) is 0. The number of fused-ring (bicyclic) bond motifs is 2. The number of nitrogens with zero attached hydrogens (tertiary/aromatic N) is 3. The van der Waals surface area contributed by atoms with Gasteiger partial charge < -0.3 is 14.0 Å². The Kier molecular flexibility index (Phi) is 5.10. The van der Waals surface area contributed by atoms with Crippen LogP contribution in [0.15, 0.2) is 34.2 Å². The third-order valence-corrected chi connectivity index (χ3v) is 7.80. The van der Waals surface area contributed by atoms with Crippen molar-refractivity contribution in [2.75, 3.05) is 36.0 Å². The average Bonchev–Trinajstić information content (AvgIpc) is 2.59. The van der Waals surface area contributed by atoms with E-state index < -0.39 is 22.9 Å². The fourth-order valence-electron chi connectivity index (χ4n) is 3.58. The van der Waals surface area contributed by atoms with Gasteiger partial charge in [0.1, 0.15) is 0 Å². The van der Waals surface area contributed by atoms with E-state index in [1.54, 1.807) is 24.3 Å². The molecular weight excluding hydrogens is 474 g/mol. The zero-order valence-corrected chi connectivity index (χ0v) is 18.3. The Balaban J connectivity index is 1.76. The van der Waals surface area contributed by atoms with Crippen molar-refractivity contribution < 1.29 is 22.1 Å². The van der Waals surface area contributed by atoms with Gasteiger partial charge in [-0.2, -0.15) is 13.2 Å². The van der Waals surface area contributed by atoms with Gasteiger partial charge in [-0.15, -0.1) is 0 Å². The van der Waals surface area contributed by atoms with Crippen LogP contribution in [-0.2, 0) is 8.98 Å². The van der Waals surface area contributed by atoms with Gasteiger partial charge in [0.25, 0.3) is 0 Å². The van der Waals surface area contributed by atoms with E-state index in [2.05, 4.69) is 14.8 Å². The van der Waals surface area contributed by atoms with Gasteiger partial charge in [-0.05, 0) is 37.1 Å². The molecule has 0 saturated carbocycles. The first-order chi connectivity index (χ1) is 14.7. The van der Waals surface area contributed by atoms with Crippen molar-refractivity contribution in [1.82, 2.24) is 0 Å². The molecule has 2 saturated heterocycles. The molecule has 11 heteroatoms. The standard InChI is InChI=1S/C20H16Cl2F3N3O2S/c21-13-7-11(27-3-1-4-27)9-15-17(13)26-18-14(22)8-12(28-5-2-6-28)10-16(18)31(15)30-19(29)20(23,24)25/h7-10H,1-6H2. The Bertz CT molecular complexity index is 1230. The summed E-state index contributed by atoms with van der Waals surface area (Å²) in [6.07, 6.45) is -3.09. The first-order valence-corrected chi connectivity index (χ1v) is 11.6. The number of carbonyl (C=O) groups is 1. The van der Waals surface area contributed by atoms with Crippen molar-refractivity contribution in [3.05, 3.63) is 44.2 Å². The van der Waals surface area contributed by atoms with Gasteiger partial charge in [0, 0.05) is 48.3 Å². The molecule has 0 bridgehead atoms. The molecule has 31 heavy (non-hydrogen) atoms. The molecule has 1 atom stereocenters. The minimum atomic E-state index is -5.13. The predicted octanol–water partition coefficient (Wildman–Crippen LogP) is 5.28. The highest BCUT2D eigenvalue weighted by Crippen LogP contribution is 2.48. The molecule has 0 aliphatic carbocycles. The van der Waals surface area contributed by atoms with Crippen LogP contribution in [0.5, 0.6) is 0 Å². The molecule has 0 aromatic heterocycles. The number of rotatable bonds is 3. The topological polar surface area (TPSA) is 45.1 Å². The number of anilines is 2. The van der Waals surface area contributed by atoms with Crippen molar-refractivity contribution in [3.63, 3.8) is 0 Å². The Morgan fingerprint density at radius 1 is 0.968 bits per heavy atom. The summed E-state index contributed by atoms with van der Waals surface area (Å²) in [7, 11) is -1.69. The Hall–Kier alpha value is -1.97. The van der Waals surface area contributed by atoms with Crippen molar-refractivity contribution in [2.24, 2.45) is 4.99 Å². The van der Waals surface area contributed by atoms with Crippen LogP contribution in [-0.4, -0.2) is 38.3 Å². The number of carbonyl (C=O) groups excluding carboxylic acids is 1. The molecule has 5 nitrogen and oxygen atoms in total. The van der Waals surface area contributed by atoms with Gasteiger partial charge in [0.2, 0.25) is 0 Å². The smallest absolute Gasteiger partial charge is 0.388 e. The minimum Gasteiger partial charge on any atom is -0.388 e. The van der Waals surface area contributed by atoms with E-state index in [1.807, 2.05) is 0 Å². The third-order valence-electron chi connectivity index (χ3n) is 5.48. The number of alkyl halides is 3. The maximum absolute atomic E-state index is 13.1. The van der Waals surface area contributed by atoms with Crippen molar-refractivity contribution in [1.29, 1.82) is 0 Å². The Labute approximate surface area is 188 Å². The normalized spacial score (nSPS) is 19.6. The summed E-state index contributed by atoms with van der Waals surface area (Å²) in [5.74, 6) is -2.26. The van der Waals surface area contributed by atoms with Crippen molar-refractivity contribution in [2.45, 2.75) is 23.9 Å². The van der Waals surface area contributed by atoms with Crippen LogP contribution < -0.4 is 15.2 Å². The van der Waals surface area contributed by atoms with Crippen molar-refractivity contribution in [3.8, 4) is 0 Å². The molecule has 5 rings (SSSR count). The zero-order valence-electron chi connectivity index (χ0n) is 16.0. The van der Waals surface area contributed by atoms with E-state index in [0.29, 0.717) is 9.41 Å². The molecule has 3 aliphatic rings. The van der Waals surface area contributed by atoms with E-state index >= 15 is 0 Å². The lowest BCUT2D eigenvalue weighted by molar-refractivity contribution is -0.188. The van der Waals surface area contributed by atoms with Gasteiger partial charge in [-0.1, -0.05) is 23.2 Å². The molecule has 2 aromatic carbocycles. The fourth-order valence-corrected chi connectivity index (χ4v) is 5.98. The predicted molar refractivity (Wildman–Crippen MR) is 114 cm³/mol. The van der Waals surface area contributed by atoms with Gasteiger partial charge in [-0.25, -0.2) is 9.79 Å². The second kappa shape index (κ2) is 7.56. The first kappa shape index (κ1) is 20.9. The lowest BCUT2D eigenvalue weighted by Gasteiger charge is -2.34. The molecule has 0 N–H and O–H groups in total. The minimum absolute atomic E-state index is 0.272. The largest absolute Gasteiger partial charge is 0.492 e. The molecule has 0 spiro atoms. The van der Waals surface area contributed by atoms with Gasteiger partial charge in [0.15, 0.2) is 0 Å². The first-order valence-electron chi connectivity index (χ1n) is 9.65. The molecule has 0 amide bonds. The van der Waals surface area contributed by atoms with E-state index in [0.717, 1.165) is 50.4 Å². The van der Waals surface area contributed by atoms with E-state index in [9.17, 15) is 18.0 Å². The summed E-state index contributed by atoms with van der Waals surface area (Å²) >= 11 is 12.9. The zero-order chi connectivity index (χ0) is 21.9. The monoisotopic (exact) mass is 489 g/mol. The molecule has 2 fully saturated rings. The summed E-state index contributed by atoms with van der Waals surface area (Å²) in [4.78, 5) is 20.8. The third kappa shape index (κ3) is 3.66. The van der Waals surface area contributed by atoms with E-state index in [1.165, 1.54) is 0 Å². The number of hydrogen-bond acceptors (Lipinski definition) is 5. The SMILES string of the molecule is O=C(OS1=c2cc(N3CCC3)cc(Cl)c2=Nc2c(Cl)cc(N3CCC3)cc21)C(F)(F)F. The summed E-state index contributed by atoms with van der Waals surface area (Å²) in [6.45, 7) is 3.29. The van der Waals surface area contributed by atoms with Gasteiger partial charge in [-0.3, -0.25) is 0 Å². The molecule has 2 aromatic rings. The lowest BCUT2D eigenvalue weighted by atomic mass is 10.1. The number of benzene rings is 2. The summed E-state index contributed by atoms with van der Waals surface area (Å²) in [5.41, 5.74) is 1.80. The summed E-state index contributed by atoms with van der Waals surface area (Å²) in [6, 6.07) is 6.88. The molecule has 3 heterocycles. The van der Waals surface area contributed by atoms with Crippen LogP contribution in [0.1, 0.15) is 12.8 Å². The van der Waals surface area contributed by atoms with Gasteiger partial charge in [0.05, 0.1) is 30.5 Å². The quantitative estimate of drug-likeness (QED) is 0.550. The van der Waals surface area contributed by atoms with Crippen LogP contribution in [0.2, 0.25) is 10.0 Å². The molecule has 1 unspecified atom stereocenters. The molecular formula is C20H16Cl2F3N3O2S. The maximum atomic E-state index is 13.1. The van der Waals surface area contributed by atoms with Crippen molar-refractivity contribution >= 4 is 57.0 Å². The average molecular weight is 490 g/mol. The van der Waals surface area contributed by atoms with Gasteiger partial charge >= 0.3 is 12.1 Å². The highest BCUT2D eigenvalue weighted by Gasteiger charge is 2.42. The highest BCUT2D eigenvalue weighted by atomic mass is 35.5.